The fourth-order valence-electron chi connectivity index (χ4n) is 6.19. The summed E-state index contributed by atoms with van der Waals surface area (Å²) in [5.41, 5.74) is 0. The van der Waals surface area contributed by atoms with Crippen LogP contribution >= 0.6 is 0 Å². The molecule has 8 heteroatoms. The molecule has 0 aromatic rings. The molecule has 0 saturated heterocycles. The Kier molecular flexibility index (Phi) is 4.94. The van der Waals surface area contributed by atoms with Crippen LogP contribution in [0.2, 0.25) is 0 Å². The maximum Gasteiger partial charge on any atom is 0.308 e. The number of carboxylic acid groups (broad SMARTS) is 4. The van der Waals surface area contributed by atoms with Gasteiger partial charge in [-0.05, 0) is 42.9 Å². The number of hydrogen-bond acceptors (Lipinski definition) is 4. The van der Waals surface area contributed by atoms with Crippen LogP contribution in [-0.4, -0.2) is 44.3 Å². The Labute approximate surface area is 150 Å². The minimum absolute atomic E-state index is 0.0398. The van der Waals surface area contributed by atoms with Crippen molar-refractivity contribution in [3.05, 3.63) is 0 Å². The topological polar surface area (TPSA) is 149 Å². The van der Waals surface area contributed by atoms with Crippen LogP contribution in [-0.2, 0) is 19.2 Å². The Morgan fingerprint density at radius 2 is 1.04 bits per heavy atom. The van der Waals surface area contributed by atoms with Crippen LogP contribution in [0.15, 0.2) is 0 Å². The van der Waals surface area contributed by atoms with Gasteiger partial charge in [0.2, 0.25) is 0 Å². The molecule has 3 saturated carbocycles. The van der Waals surface area contributed by atoms with Gasteiger partial charge in [0.25, 0.3) is 0 Å². The van der Waals surface area contributed by atoms with E-state index in [0.29, 0.717) is 6.42 Å². The second-order valence-corrected chi connectivity index (χ2v) is 7.98. The van der Waals surface area contributed by atoms with Crippen LogP contribution < -0.4 is 0 Å². The lowest BCUT2D eigenvalue weighted by molar-refractivity contribution is -0.190. The summed E-state index contributed by atoms with van der Waals surface area (Å²) in [6.45, 7) is 0. The number of aliphatic carboxylic acids is 4. The van der Waals surface area contributed by atoms with E-state index < -0.39 is 59.4 Å². The molecular formula is C18H24O8. The minimum atomic E-state index is -1.73. The smallest absolute Gasteiger partial charge is 0.308 e. The SMILES string of the molecule is O=C(O)C1C2CCC3CCCCC3C2C(C(=O)O)C(C(=O)O)C1C(=O)O. The highest BCUT2D eigenvalue weighted by Gasteiger charge is 2.63. The average Bonchev–Trinajstić information content (AvgIpc) is 2.58. The zero-order chi connectivity index (χ0) is 19.2. The van der Waals surface area contributed by atoms with Crippen molar-refractivity contribution in [1.82, 2.24) is 0 Å². The number of fused-ring (bicyclic) bond motifs is 3. The van der Waals surface area contributed by atoms with Crippen molar-refractivity contribution in [2.75, 3.05) is 0 Å². The van der Waals surface area contributed by atoms with Gasteiger partial charge in [-0.25, -0.2) is 0 Å². The van der Waals surface area contributed by atoms with E-state index in [1.54, 1.807) is 0 Å². The number of hydrogen-bond donors (Lipinski definition) is 4. The highest BCUT2D eigenvalue weighted by Crippen LogP contribution is 2.58. The molecule has 0 radical (unpaired) electrons. The lowest BCUT2D eigenvalue weighted by atomic mass is 9.47. The van der Waals surface area contributed by atoms with Crippen LogP contribution in [0.4, 0.5) is 0 Å². The first-order valence-electron chi connectivity index (χ1n) is 9.17. The van der Waals surface area contributed by atoms with Crippen molar-refractivity contribution in [2.45, 2.75) is 38.5 Å². The predicted molar refractivity (Wildman–Crippen MR) is 86.2 cm³/mol. The van der Waals surface area contributed by atoms with E-state index in [-0.39, 0.29) is 11.8 Å². The van der Waals surface area contributed by atoms with Crippen molar-refractivity contribution in [3.8, 4) is 0 Å². The molecule has 8 nitrogen and oxygen atoms in total. The van der Waals surface area contributed by atoms with Crippen LogP contribution in [0, 0.1) is 47.3 Å². The van der Waals surface area contributed by atoms with E-state index in [0.717, 1.165) is 32.1 Å². The Hall–Kier alpha value is -2.12. The molecule has 0 heterocycles. The Morgan fingerprint density at radius 1 is 0.538 bits per heavy atom. The Bertz CT molecular complexity index is 629. The van der Waals surface area contributed by atoms with Crippen molar-refractivity contribution >= 4 is 23.9 Å². The third kappa shape index (κ3) is 2.85. The first-order chi connectivity index (χ1) is 12.3. The van der Waals surface area contributed by atoms with Gasteiger partial charge in [-0.1, -0.05) is 19.3 Å². The molecule has 3 rings (SSSR count). The third-order valence-electron chi connectivity index (χ3n) is 7.00. The molecule has 4 N–H and O–H groups in total. The average molecular weight is 368 g/mol. The summed E-state index contributed by atoms with van der Waals surface area (Å²) in [6, 6.07) is 0. The second kappa shape index (κ2) is 6.89. The number of carboxylic acids is 4. The van der Waals surface area contributed by atoms with Gasteiger partial charge < -0.3 is 20.4 Å². The van der Waals surface area contributed by atoms with Crippen LogP contribution in [0.5, 0.6) is 0 Å². The summed E-state index contributed by atoms with van der Waals surface area (Å²) in [5.74, 6) is -12.9. The minimum Gasteiger partial charge on any atom is -0.481 e. The van der Waals surface area contributed by atoms with Gasteiger partial charge in [-0.2, -0.15) is 0 Å². The molecule has 0 bridgehead atoms. The molecule has 0 amide bonds. The third-order valence-corrected chi connectivity index (χ3v) is 7.00. The molecule has 144 valence electrons. The molecule has 0 aliphatic heterocycles. The first kappa shape index (κ1) is 18.7. The van der Waals surface area contributed by atoms with Gasteiger partial charge in [0.05, 0.1) is 23.7 Å². The van der Waals surface area contributed by atoms with Gasteiger partial charge in [-0.3, -0.25) is 19.2 Å². The van der Waals surface area contributed by atoms with Crippen LogP contribution in [0.25, 0.3) is 0 Å². The summed E-state index contributed by atoms with van der Waals surface area (Å²) in [4.78, 5) is 47.6. The largest absolute Gasteiger partial charge is 0.481 e. The van der Waals surface area contributed by atoms with Gasteiger partial charge in [0.1, 0.15) is 0 Å². The van der Waals surface area contributed by atoms with Crippen LogP contribution in [0.1, 0.15) is 38.5 Å². The summed E-state index contributed by atoms with van der Waals surface area (Å²) >= 11 is 0. The quantitative estimate of drug-likeness (QED) is 0.585. The molecule has 3 fully saturated rings. The van der Waals surface area contributed by atoms with E-state index in [2.05, 4.69) is 0 Å². The molecule has 3 aliphatic rings. The van der Waals surface area contributed by atoms with Crippen molar-refractivity contribution in [2.24, 2.45) is 47.3 Å². The molecule has 0 aromatic carbocycles. The lowest BCUT2D eigenvalue weighted by Crippen LogP contribution is -2.60. The molecule has 0 spiro atoms. The zero-order valence-electron chi connectivity index (χ0n) is 14.3. The van der Waals surface area contributed by atoms with Gasteiger partial charge in [-0.15, -0.1) is 0 Å². The fourth-order valence-corrected chi connectivity index (χ4v) is 6.19. The summed E-state index contributed by atoms with van der Waals surface area (Å²) < 4.78 is 0. The molecule has 26 heavy (non-hydrogen) atoms. The standard InChI is InChI=1S/C18H24O8/c19-15(20)11-9-6-5-7-3-1-2-4-8(7)10(9)12(16(21)22)14(18(25)26)13(11)17(23)24/h7-14H,1-6H2,(H,19,20)(H,21,22)(H,23,24)(H,25,26). The molecule has 0 aromatic heterocycles. The maximum absolute atomic E-state index is 12.0. The fraction of sp³-hybridized carbons (Fsp3) is 0.778. The predicted octanol–water partition coefficient (Wildman–Crippen LogP) is 1.64. The first-order valence-corrected chi connectivity index (χ1v) is 9.17. The van der Waals surface area contributed by atoms with Crippen LogP contribution in [0.3, 0.4) is 0 Å². The van der Waals surface area contributed by atoms with Crippen molar-refractivity contribution in [1.29, 1.82) is 0 Å². The summed E-state index contributed by atoms with van der Waals surface area (Å²) in [5, 5.41) is 38.7. The maximum atomic E-state index is 12.0. The monoisotopic (exact) mass is 368 g/mol. The molecular weight excluding hydrogens is 344 g/mol. The normalized spacial score (nSPS) is 42.2. The van der Waals surface area contributed by atoms with E-state index in [1.165, 1.54) is 0 Å². The zero-order valence-corrected chi connectivity index (χ0v) is 14.3. The van der Waals surface area contributed by atoms with E-state index in [9.17, 15) is 39.6 Å². The van der Waals surface area contributed by atoms with E-state index in [4.69, 9.17) is 0 Å². The van der Waals surface area contributed by atoms with Gasteiger partial charge in [0.15, 0.2) is 0 Å². The number of carbonyl (C=O) groups is 4. The number of rotatable bonds is 4. The second-order valence-electron chi connectivity index (χ2n) is 7.98. The highest BCUT2D eigenvalue weighted by atomic mass is 16.4. The summed E-state index contributed by atoms with van der Waals surface area (Å²) in [6.07, 6.45) is 4.85. The van der Waals surface area contributed by atoms with Gasteiger partial charge in [0, 0.05) is 0 Å². The Balaban J connectivity index is 2.13. The Morgan fingerprint density at radius 3 is 1.58 bits per heavy atom. The van der Waals surface area contributed by atoms with E-state index >= 15 is 0 Å². The lowest BCUT2D eigenvalue weighted by Gasteiger charge is -2.54. The van der Waals surface area contributed by atoms with E-state index in [1.807, 2.05) is 0 Å². The van der Waals surface area contributed by atoms with Crippen molar-refractivity contribution in [3.63, 3.8) is 0 Å². The molecule has 3 aliphatic carbocycles. The highest BCUT2D eigenvalue weighted by molar-refractivity contribution is 5.89. The van der Waals surface area contributed by atoms with Crippen molar-refractivity contribution < 1.29 is 39.6 Å². The summed E-state index contributed by atoms with van der Waals surface area (Å²) in [7, 11) is 0. The molecule has 8 atom stereocenters. The molecule has 8 unspecified atom stereocenters. The van der Waals surface area contributed by atoms with Gasteiger partial charge >= 0.3 is 23.9 Å².